The zero-order valence-corrected chi connectivity index (χ0v) is 13.8. The van der Waals surface area contributed by atoms with Crippen LogP contribution < -0.4 is 10.6 Å². The van der Waals surface area contributed by atoms with Gasteiger partial charge < -0.3 is 15.7 Å². The number of hydrogen-bond acceptors (Lipinski definition) is 3. The summed E-state index contributed by atoms with van der Waals surface area (Å²) in [7, 11) is 0. The third kappa shape index (κ3) is 5.36. The van der Waals surface area contributed by atoms with E-state index < -0.39 is 0 Å². The predicted octanol–water partition coefficient (Wildman–Crippen LogP) is 3.30. The van der Waals surface area contributed by atoms with Gasteiger partial charge >= 0.3 is 0 Å². The molecular weight excluding hydrogens is 312 g/mol. The molecule has 4 nitrogen and oxygen atoms in total. The number of aryl methyl sites for hydroxylation is 1. The van der Waals surface area contributed by atoms with Gasteiger partial charge in [0.15, 0.2) is 0 Å². The summed E-state index contributed by atoms with van der Waals surface area (Å²) in [5.74, 6) is -0.144. The van der Waals surface area contributed by atoms with Gasteiger partial charge in [-0.3, -0.25) is 4.79 Å². The molecule has 0 aliphatic heterocycles. The maximum absolute atomic E-state index is 12.1. The van der Waals surface area contributed by atoms with E-state index in [0.717, 1.165) is 11.1 Å². The molecule has 0 aliphatic rings. The number of aliphatic hydroxyl groups excluding tert-OH is 1. The predicted molar refractivity (Wildman–Crippen MR) is 93.7 cm³/mol. The summed E-state index contributed by atoms with van der Waals surface area (Å²) in [4.78, 5) is 12.1. The molecule has 2 rings (SSSR count). The number of halogens is 1. The van der Waals surface area contributed by atoms with E-state index in [0.29, 0.717) is 17.1 Å². The topological polar surface area (TPSA) is 61.4 Å². The molecule has 1 unspecified atom stereocenters. The fourth-order valence-electron chi connectivity index (χ4n) is 2.34. The van der Waals surface area contributed by atoms with E-state index in [2.05, 4.69) is 10.6 Å². The SMILES string of the molecule is Cc1ccc(Cl)cc1NC(=O)CNC(CCO)c1ccccc1. The van der Waals surface area contributed by atoms with Gasteiger partial charge in [-0.05, 0) is 36.6 Å². The van der Waals surface area contributed by atoms with Crippen LogP contribution in [0.15, 0.2) is 48.5 Å². The Balaban J connectivity index is 1.95. The maximum atomic E-state index is 12.1. The molecule has 122 valence electrons. The lowest BCUT2D eigenvalue weighted by Crippen LogP contribution is -2.32. The molecule has 0 fully saturated rings. The number of carbonyl (C=O) groups is 1. The van der Waals surface area contributed by atoms with Gasteiger partial charge in [0.05, 0.1) is 6.54 Å². The minimum atomic E-state index is -0.144. The summed E-state index contributed by atoms with van der Waals surface area (Å²) >= 11 is 5.95. The normalized spacial score (nSPS) is 12.0. The van der Waals surface area contributed by atoms with E-state index in [1.165, 1.54) is 0 Å². The van der Waals surface area contributed by atoms with E-state index in [4.69, 9.17) is 11.6 Å². The minimum Gasteiger partial charge on any atom is -0.396 e. The number of rotatable bonds is 7. The molecule has 2 aromatic rings. The van der Waals surface area contributed by atoms with Crippen LogP contribution in [0, 0.1) is 6.92 Å². The molecule has 23 heavy (non-hydrogen) atoms. The first-order chi connectivity index (χ1) is 11.1. The van der Waals surface area contributed by atoms with Crippen molar-refractivity contribution in [2.24, 2.45) is 0 Å². The Morgan fingerprint density at radius 1 is 1.22 bits per heavy atom. The van der Waals surface area contributed by atoms with Crippen molar-refractivity contribution in [2.45, 2.75) is 19.4 Å². The van der Waals surface area contributed by atoms with Crippen LogP contribution in [0.2, 0.25) is 5.02 Å². The number of anilines is 1. The third-order valence-corrected chi connectivity index (χ3v) is 3.84. The summed E-state index contributed by atoms with van der Waals surface area (Å²) in [5, 5.41) is 15.8. The van der Waals surface area contributed by atoms with Crippen LogP contribution in [0.4, 0.5) is 5.69 Å². The first kappa shape index (κ1) is 17.5. The quantitative estimate of drug-likeness (QED) is 0.729. The second-order valence-corrected chi connectivity index (χ2v) is 5.80. The maximum Gasteiger partial charge on any atom is 0.238 e. The lowest BCUT2D eigenvalue weighted by molar-refractivity contribution is -0.115. The summed E-state index contributed by atoms with van der Waals surface area (Å²) in [5.41, 5.74) is 2.72. The average Bonchev–Trinajstić information content (AvgIpc) is 2.55. The van der Waals surface area contributed by atoms with Gasteiger partial charge in [-0.1, -0.05) is 48.0 Å². The highest BCUT2D eigenvalue weighted by atomic mass is 35.5. The van der Waals surface area contributed by atoms with Crippen LogP contribution in [-0.4, -0.2) is 24.2 Å². The van der Waals surface area contributed by atoms with Crippen LogP contribution >= 0.6 is 11.6 Å². The molecule has 0 spiro atoms. The molecular formula is C18H21ClN2O2. The summed E-state index contributed by atoms with van der Waals surface area (Å²) in [6, 6.07) is 15.1. The van der Waals surface area contributed by atoms with Gasteiger partial charge in [-0.15, -0.1) is 0 Å². The van der Waals surface area contributed by atoms with E-state index in [-0.39, 0.29) is 25.1 Å². The molecule has 0 saturated heterocycles. The molecule has 0 bridgehead atoms. The Kier molecular flexibility index (Phi) is 6.59. The van der Waals surface area contributed by atoms with Gasteiger partial charge in [0.25, 0.3) is 0 Å². The van der Waals surface area contributed by atoms with Crippen LogP contribution in [0.1, 0.15) is 23.6 Å². The van der Waals surface area contributed by atoms with Crippen molar-refractivity contribution >= 4 is 23.2 Å². The number of amides is 1. The fraction of sp³-hybridized carbons (Fsp3) is 0.278. The van der Waals surface area contributed by atoms with Crippen LogP contribution in [0.3, 0.4) is 0 Å². The van der Waals surface area contributed by atoms with E-state index in [1.54, 1.807) is 12.1 Å². The van der Waals surface area contributed by atoms with Gasteiger partial charge in [-0.25, -0.2) is 0 Å². The standard InChI is InChI=1S/C18H21ClN2O2/c1-13-7-8-15(19)11-17(13)21-18(23)12-20-16(9-10-22)14-5-3-2-4-6-14/h2-8,11,16,20,22H,9-10,12H2,1H3,(H,21,23). The van der Waals surface area contributed by atoms with E-state index in [9.17, 15) is 9.90 Å². The Bertz CT molecular complexity index is 647. The lowest BCUT2D eigenvalue weighted by atomic mass is 10.0. The van der Waals surface area contributed by atoms with Crippen LogP contribution in [-0.2, 0) is 4.79 Å². The van der Waals surface area contributed by atoms with Crippen molar-refractivity contribution in [1.29, 1.82) is 0 Å². The fourth-order valence-corrected chi connectivity index (χ4v) is 2.51. The van der Waals surface area contributed by atoms with Crippen LogP contribution in [0.5, 0.6) is 0 Å². The Morgan fingerprint density at radius 3 is 2.65 bits per heavy atom. The lowest BCUT2D eigenvalue weighted by Gasteiger charge is -2.18. The monoisotopic (exact) mass is 332 g/mol. The molecule has 1 amide bonds. The molecule has 2 aromatic carbocycles. The van der Waals surface area contributed by atoms with E-state index in [1.807, 2.05) is 43.3 Å². The molecule has 5 heteroatoms. The third-order valence-electron chi connectivity index (χ3n) is 3.60. The molecule has 0 heterocycles. The van der Waals surface area contributed by atoms with Crippen molar-refractivity contribution < 1.29 is 9.90 Å². The molecule has 0 aromatic heterocycles. The number of hydrogen-bond donors (Lipinski definition) is 3. The zero-order valence-electron chi connectivity index (χ0n) is 13.1. The average molecular weight is 333 g/mol. The zero-order chi connectivity index (χ0) is 16.7. The van der Waals surface area contributed by atoms with E-state index >= 15 is 0 Å². The summed E-state index contributed by atoms with van der Waals surface area (Å²) in [6.07, 6.45) is 0.549. The van der Waals surface area contributed by atoms with Gasteiger partial charge in [0.2, 0.25) is 5.91 Å². The number of nitrogens with one attached hydrogen (secondary N) is 2. The molecule has 1 atom stereocenters. The number of benzene rings is 2. The summed E-state index contributed by atoms with van der Waals surface area (Å²) in [6.45, 7) is 2.13. The molecule has 0 saturated carbocycles. The Hall–Kier alpha value is -1.88. The van der Waals surface area contributed by atoms with Gasteiger partial charge in [0, 0.05) is 23.4 Å². The first-order valence-corrected chi connectivity index (χ1v) is 7.93. The van der Waals surface area contributed by atoms with Crippen LogP contribution in [0.25, 0.3) is 0 Å². The largest absolute Gasteiger partial charge is 0.396 e. The highest BCUT2D eigenvalue weighted by Crippen LogP contribution is 2.20. The molecule has 0 radical (unpaired) electrons. The van der Waals surface area contributed by atoms with Crippen molar-refractivity contribution in [3.05, 3.63) is 64.7 Å². The smallest absolute Gasteiger partial charge is 0.238 e. The van der Waals surface area contributed by atoms with Crippen molar-refractivity contribution in [3.63, 3.8) is 0 Å². The Morgan fingerprint density at radius 2 is 1.96 bits per heavy atom. The van der Waals surface area contributed by atoms with Gasteiger partial charge in [0.1, 0.15) is 0 Å². The highest BCUT2D eigenvalue weighted by Gasteiger charge is 2.12. The number of aliphatic hydroxyl groups is 1. The Labute approximate surface area is 141 Å². The van der Waals surface area contributed by atoms with Crippen molar-refractivity contribution in [1.82, 2.24) is 5.32 Å². The van der Waals surface area contributed by atoms with Crippen molar-refractivity contribution in [2.75, 3.05) is 18.5 Å². The molecule has 3 N–H and O–H groups in total. The van der Waals surface area contributed by atoms with Crippen molar-refractivity contribution in [3.8, 4) is 0 Å². The highest BCUT2D eigenvalue weighted by molar-refractivity contribution is 6.31. The first-order valence-electron chi connectivity index (χ1n) is 7.55. The second kappa shape index (κ2) is 8.67. The molecule has 0 aliphatic carbocycles. The summed E-state index contributed by atoms with van der Waals surface area (Å²) < 4.78 is 0. The second-order valence-electron chi connectivity index (χ2n) is 5.36. The van der Waals surface area contributed by atoms with Gasteiger partial charge in [-0.2, -0.15) is 0 Å². The minimum absolute atomic E-state index is 0.0571. The number of carbonyl (C=O) groups excluding carboxylic acids is 1.